The maximum absolute atomic E-state index is 12.4. The number of amides is 1. The highest BCUT2D eigenvalue weighted by Gasteiger charge is 2.12. The number of carbonyl (C=O) groups is 1. The lowest BCUT2D eigenvalue weighted by atomic mass is 10.1. The molecule has 4 rings (SSSR count). The van der Waals surface area contributed by atoms with Crippen LogP contribution in [0.2, 0.25) is 0 Å². The van der Waals surface area contributed by atoms with E-state index in [4.69, 9.17) is 0 Å². The Labute approximate surface area is 149 Å². The van der Waals surface area contributed by atoms with E-state index < -0.39 is 0 Å². The van der Waals surface area contributed by atoms with Crippen molar-refractivity contribution < 1.29 is 4.79 Å². The van der Waals surface area contributed by atoms with Crippen LogP contribution >= 0.6 is 11.8 Å². The molecule has 3 heterocycles. The molecular formula is C18H20N4O2S. The van der Waals surface area contributed by atoms with Gasteiger partial charge in [-0.15, -0.1) is 0 Å². The second-order valence-corrected chi connectivity index (χ2v) is 7.38. The molecule has 1 aromatic carbocycles. The van der Waals surface area contributed by atoms with Crippen molar-refractivity contribution in [2.45, 2.75) is 0 Å². The molecule has 0 saturated carbocycles. The molecule has 0 radical (unpaired) electrons. The van der Waals surface area contributed by atoms with Crippen molar-refractivity contribution in [3.05, 3.63) is 52.4 Å². The van der Waals surface area contributed by atoms with Gasteiger partial charge in [0.15, 0.2) is 0 Å². The van der Waals surface area contributed by atoms with E-state index in [1.807, 2.05) is 34.5 Å². The quantitative estimate of drug-likeness (QED) is 0.744. The van der Waals surface area contributed by atoms with E-state index in [9.17, 15) is 9.59 Å². The minimum atomic E-state index is -0.155. The predicted molar refractivity (Wildman–Crippen MR) is 102 cm³/mol. The molecule has 130 valence electrons. The molecule has 1 aliphatic heterocycles. The van der Waals surface area contributed by atoms with Crippen LogP contribution in [0, 0.1) is 0 Å². The van der Waals surface area contributed by atoms with Gasteiger partial charge in [0, 0.05) is 49.4 Å². The molecule has 25 heavy (non-hydrogen) atoms. The first-order chi connectivity index (χ1) is 12.2. The van der Waals surface area contributed by atoms with Gasteiger partial charge in [0.1, 0.15) is 5.52 Å². The molecule has 2 aromatic heterocycles. The van der Waals surface area contributed by atoms with Gasteiger partial charge in [-0.05, 0) is 30.3 Å². The molecule has 1 saturated heterocycles. The van der Waals surface area contributed by atoms with E-state index in [0.29, 0.717) is 23.1 Å². The number of aromatic nitrogens is 2. The zero-order valence-corrected chi connectivity index (χ0v) is 14.6. The van der Waals surface area contributed by atoms with Crippen LogP contribution in [0.4, 0.5) is 0 Å². The third-order valence-corrected chi connectivity index (χ3v) is 5.51. The monoisotopic (exact) mass is 356 g/mol. The summed E-state index contributed by atoms with van der Waals surface area (Å²) < 4.78 is 1.84. The highest BCUT2D eigenvalue weighted by Crippen LogP contribution is 2.15. The van der Waals surface area contributed by atoms with Crippen LogP contribution in [0.5, 0.6) is 0 Å². The highest BCUT2D eigenvalue weighted by atomic mass is 32.2. The Morgan fingerprint density at radius 1 is 1.20 bits per heavy atom. The zero-order chi connectivity index (χ0) is 17.2. The van der Waals surface area contributed by atoms with Crippen molar-refractivity contribution in [2.75, 3.05) is 37.7 Å². The van der Waals surface area contributed by atoms with Crippen molar-refractivity contribution >= 4 is 34.2 Å². The lowest BCUT2D eigenvalue weighted by Crippen LogP contribution is -2.39. The number of thioether (sulfide) groups is 1. The standard InChI is InChI=1S/C18H20N4O2S/c23-17(19-5-7-21-8-10-25-11-9-21)13-3-4-15-14(12-13)20-18(24)16-2-1-6-22(15)16/h1-4,6,12H,5,7-11H2,(H,19,23)(H,20,24). The summed E-state index contributed by atoms with van der Waals surface area (Å²) in [5, 5.41) is 2.97. The van der Waals surface area contributed by atoms with E-state index in [-0.39, 0.29) is 11.5 Å². The van der Waals surface area contributed by atoms with E-state index in [1.165, 1.54) is 11.5 Å². The molecule has 0 spiro atoms. The fourth-order valence-corrected chi connectivity index (χ4v) is 4.18. The molecule has 7 heteroatoms. The second-order valence-electron chi connectivity index (χ2n) is 6.16. The molecule has 2 N–H and O–H groups in total. The average Bonchev–Trinajstić information content (AvgIpc) is 3.13. The summed E-state index contributed by atoms with van der Waals surface area (Å²) in [7, 11) is 0. The summed E-state index contributed by atoms with van der Waals surface area (Å²) in [5.41, 5.74) is 2.54. The van der Waals surface area contributed by atoms with Gasteiger partial charge in [-0.25, -0.2) is 0 Å². The van der Waals surface area contributed by atoms with E-state index in [1.54, 1.807) is 18.2 Å². The average molecular weight is 356 g/mol. The molecule has 0 unspecified atom stereocenters. The van der Waals surface area contributed by atoms with Crippen LogP contribution in [0.3, 0.4) is 0 Å². The second kappa shape index (κ2) is 6.93. The Balaban J connectivity index is 1.49. The highest BCUT2D eigenvalue weighted by molar-refractivity contribution is 7.99. The van der Waals surface area contributed by atoms with E-state index in [2.05, 4.69) is 15.2 Å². The van der Waals surface area contributed by atoms with Crippen molar-refractivity contribution in [3.63, 3.8) is 0 Å². The number of rotatable bonds is 4. The molecule has 0 aliphatic carbocycles. The number of hydrogen-bond acceptors (Lipinski definition) is 4. The Hall–Kier alpha value is -2.25. The van der Waals surface area contributed by atoms with Crippen LogP contribution < -0.4 is 10.9 Å². The van der Waals surface area contributed by atoms with Gasteiger partial charge in [0.05, 0.1) is 11.0 Å². The largest absolute Gasteiger partial charge is 0.351 e. The van der Waals surface area contributed by atoms with Crippen LogP contribution in [0.1, 0.15) is 10.4 Å². The number of nitrogens with one attached hydrogen (secondary N) is 2. The fourth-order valence-electron chi connectivity index (χ4n) is 3.20. The normalized spacial score (nSPS) is 15.7. The van der Waals surface area contributed by atoms with Crippen LogP contribution in [0.15, 0.2) is 41.3 Å². The van der Waals surface area contributed by atoms with Gasteiger partial charge < -0.3 is 14.7 Å². The van der Waals surface area contributed by atoms with E-state index in [0.717, 1.165) is 25.2 Å². The minimum absolute atomic E-state index is 0.110. The first kappa shape index (κ1) is 16.2. The minimum Gasteiger partial charge on any atom is -0.351 e. The molecule has 1 amide bonds. The number of nitrogens with zero attached hydrogens (tertiary/aromatic N) is 2. The van der Waals surface area contributed by atoms with Gasteiger partial charge in [-0.3, -0.25) is 14.5 Å². The lowest BCUT2D eigenvalue weighted by molar-refractivity contribution is 0.0949. The van der Waals surface area contributed by atoms with Crippen molar-refractivity contribution in [1.82, 2.24) is 19.6 Å². The lowest BCUT2D eigenvalue weighted by Gasteiger charge is -2.26. The van der Waals surface area contributed by atoms with Crippen LogP contribution in [-0.2, 0) is 0 Å². The third kappa shape index (κ3) is 3.29. The number of hydrogen-bond donors (Lipinski definition) is 2. The molecule has 0 atom stereocenters. The number of benzene rings is 1. The SMILES string of the molecule is O=C(NCCN1CCSCC1)c1ccc2c(c1)[nH]c(=O)c1cccn12. The maximum Gasteiger partial charge on any atom is 0.272 e. The zero-order valence-electron chi connectivity index (χ0n) is 13.8. The summed E-state index contributed by atoms with van der Waals surface area (Å²) >= 11 is 1.98. The molecule has 6 nitrogen and oxygen atoms in total. The van der Waals surface area contributed by atoms with Gasteiger partial charge in [0.25, 0.3) is 11.5 Å². The van der Waals surface area contributed by atoms with Gasteiger partial charge >= 0.3 is 0 Å². The molecule has 1 aliphatic rings. The van der Waals surface area contributed by atoms with Gasteiger partial charge in [0.2, 0.25) is 0 Å². The smallest absolute Gasteiger partial charge is 0.272 e. The summed E-state index contributed by atoms with van der Waals surface area (Å²) in [5.74, 6) is 2.22. The van der Waals surface area contributed by atoms with Crippen molar-refractivity contribution in [1.29, 1.82) is 0 Å². The Morgan fingerprint density at radius 2 is 2.04 bits per heavy atom. The molecular weight excluding hydrogens is 336 g/mol. The Bertz CT molecular complexity index is 972. The van der Waals surface area contributed by atoms with Crippen molar-refractivity contribution in [3.8, 4) is 0 Å². The molecule has 3 aromatic rings. The van der Waals surface area contributed by atoms with E-state index >= 15 is 0 Å². The van der Waals surface area contributed by atoms with Crippen LogP contribution in [0.25, 0.3) is 16.6 Å². The topological polar surface area (TPSA) is 69.6 Å². The summed E-state index contributed by atoms with van der Waals surface area (Å²) in [6.45, 7) is 3.69. The predicted octanol–water partition coefficient (Wildman–Crippen LogP) is 1.56. The number of fused-ring (bicyclic) bond motifs is 3. The van der Waals surface area contributed by atoms with Crippen molar-refractivity contribution in [2.24, 2.45) is 0 Å². The Morgan fingerprint density at radius 3 is 2.88 bits per heavy atom. The van der Waals surface area contributed by atoms with Gasteiger partial charge in [-0.1, -0.05) is 0 Å². The first-order valence-corrected chi connectivity index (χ1v) is 9.59. The number of carbonyl (C=O) groups excluding carboxylic acids is 1. The summed E-state index contributed by atoms with van der Waals surface area (Å²) in [6, 6.07) is 9.02. The number of aromatic amines is 1. The van der Waals surface area contributed by atoms with Crippen LogP contribution in [-0.4, -0.2) is 57.9 Å². The number of H-pyrrole nitrogens is 1. The Kier molecular flexibility index (Phi) is 4.50. The molecule has 0 bridgehead atoms. The summed E-state index contributed by atoms with van der Waals surface area (Å²) in [4.78, 5) is 29.7. The maximum atomic E-state index is 12.4. The van der Waals surface area contributed by atoms with Gasteiger partial charge in [-0.2, -0.15) is 11.8 Å². The fraction of sp³-hybridized carbons (Fsp3) is 0.333. The summed E-state index contributed by atoms with van der Waals surface area (Å²) in [6.07, 6.45) is 1.85. The molecule has 1 fully saturated rings. The first-order valence-electron chi connectivity index (χ1n) is 8.44. The third-order valence-electron chi connectivity index (χ3n) is 4.57.